The second kappa shape index (κ2) is 7.91. The lowest BCUT2D eigenvalue weighted by atomic mass is 9.56. The Morgan fingerprint density at radius 2 is 1.89 bits per heavy atom. The molecule has 2 aliphatic carbocycles. The first-order valence-electron chi connectivity index (χ1n) is 11.4. The van der Waals surface area contributed by atoms with E-state index in [0.29, 0.717) is 22.5 Å². The number of fused-ring (bicyclic) bond motifs is 4. The number of urea groups is 1. The Kier molecular flexibility index (Phi) is 5.39. The molecule has 4 aliphatic rings. The van der Waals surface area contributed by atoms with E-state index in [0.717, 1.165) is 4.90 Å². The molecular formula is C25H23Cl2N3O6. The topological polar surface area (TPSA) is 138 Å². The minimum absolute atomic E-state index is 0.0920. The van der Waals surface area contributed by atoms with Crippen molar-refractivity contribution in [1.29, 1.82) is 0 Å². The first-order chi connectivity index (χ1) is 16.9. The van der Waals surface area contributed by atoms with Gasteiger partial charge in [0, 0.05) is 18.5 Å². The molecule has 1 aromatic rings. The van der Waals surface area contributed by atoms with Gasteiger partial charge in [0.15, 0.2) is 9.75 Å². The summed E-state index contributed by atoms with van der Waals surface area (Å²) in [6, 6.07) is 3.79. The molecule has 5 rings (SSSR count). The van der Waals surface area contributed by atoms with Crippen LogP contribution in [-0.2, 0) is 25.6 Å². The monoisotopic (exact) mass is 531 g/mol. The quantitative estimate of drug-likeness (QED) is 0.348. The molecule has 9 nitrogen and oxygen atoms in total. The maximum Gasteiger partial charge on any atom is 0.328 e. The number of nitrogens with two attached hydrogens (primary N) is 1. The first kappa shape index (κ1) is 24.5. The summed E-state index contributed by atoms with van der Waals surface area (Å²) in [4.78, 5) is 62.2. The normalized spacial score (nSPS) is 35.4. The number of amides is 6. The molecule has 2 heterocycles. The Morgan fingerprint density at radius 1 is 1.19 bits per heavy atom. The fourth-order valence-electron chi connectivity index (χ4n) is 6.47. The molecule has 0 bridgehead atoms. The van der Waals surface area contributed by atoms with Gasteiger partial charge in [0.1, 0.15) is 5.75 Å². The highest BCUT2D eigenvalue weighted by Gasteiger charge is 2.76. The standard InChI is InChI=1S/C25H23Cl2N3O6/c1-3-5-11-6-4-7-14(18(11)31)17-12-8-9-13-16(20(33)30(19(13)32)23(28)36)15(12)10-24(26)21(34)29(2)22(35)25(17,24)27/h3-4,6-8,13,15-17,31H,1,5,9-10H2,2H3,(H2,28,36)/t13-,15+,16-,17+,24+,25-/m0/s1. The molecule has 2 saturated heterocycles. The maximum absolute atomic E-state index is 13.5. The lowest BCUT2D eigenvalue weighted by Crippen LogP contribution is -2.60. The average molecular weight is 532 g/mol. The lowest BCUT2D eigenvalue weighted by Gasteiger charge is -2.50. The minimum atomic E-state index is -2.01. The van der Waals surface area contributed by atoms with Crippen molar-refractivity contribution in [3.05, 3.63) is 53.6 Å². The van der Waals surface area contributed by atoms with Crippen molar-refractivity contribution in [3.8, 4) is 5.75 Å². The fraction of sp³-hybridized carbons (Fsp3) is 0.400. The molecule has 0 spiro atoms. The summed E-state index contributed by atoms with van der Waals surface area (Å²) >= 11 is 14.1. The molecule has 6 atom stereocenters. The first-order valence-corrected chi connectivity index (χ1v) is 12.2. The Balaban J connectivity index is 1.76. The van der Waals surface area contributed by atoms with Crippen LogP contribution >= 0.6 is 23.2 Å². The second-order valence-corrected chi connectivity index (χ2v) is 10.9. The van der Waals surface area contributed by atoms with Crippen LogP contribution in [-0.4, -0.2) is 61.4 Å². The number of rotatable bonds is 3. The van der Waals surface area contributed by atoms with Crippen LogP contribution in [0.4, 0.5) is 4.79 Å². The molecule has 188 valence electrons. The van der Waals surface area contributed by atoms with Crippen molar-refractivity contribution in [2.24, 2.45) is 23.5 Å². The van der Waals surface area contributed by atoms with Crippen LogP contribution in [0.3, 0.4) is 0 Å². The van der Waals surface area contributed by atoms with E-state index in [1.165, 1.54) is 7.05 Å². The minimum Gasteiger partial charge on any atom is -0.507 e. The number of primary amides is 1. The summed E-state index contributed by atoms with van der Waals surface area (Å²) in [6.07, 6.45) is 3.52. The highest BCUT2D eigenvalue weighted by Crippen LogP contribution is 2.66. The van der Waals surface area contributed by atoms with Crippen LogP contribution in [0.2, 0.25) is 0 Å². The molecule has 2 aliphatic heterocycles. The van der Waals surface area contributed by atoms with Gasteiger partial charge in [-0.15, -0.1) is 29.8 Å². The van der Waals surface area contributed by atoms with E-state index < -0.39 is 63.1 Å². The third-order valence-corrected chi connectivity index (χ3v) is 9.47. The van der Waals surface area contributed by atoms with Crippen molar-refractivity contribution in [2.45, 2.75) is 34.9 Å². The number of imide groups is 4. The van der Waals surface area contributed by atoms with Crippen LogP contribution in [0.25, 0.3) is 0 Å². The summed E-state index contributed by atoms with van der Waals surface area (Å²) < 4.78 is 0. The van der Waals surface area contributed by atoms with E-state index in [9.17, 15) is 29.1 Å². The van der Waals surface area contributed by atoms with Crippen LogP contribution in [0.15, 0.2) is 42.5 Å². The molecule has 1 aromatic carbocycles. The molecule has 1 saturated carbocycles. The summed E-state index contributed by atoms with van der Waals surface area (Å²) in [5.41, 5.74) is 6.61. The van der Waals surface area contributed by atoms with Gasteiger partial charge in [-0.3, -0.25) is 24.1 Å². The van der Waals surface area contributed by atoms with E-state index in [2.05, 4.69) is 6.58 Å². The summed E-state index contributed by atoms with van der Waals surface area (Å²) in [5.74, 6) is -6.85. The zero-order valence-electron chi connectivity index (χ0n) is 19.2. The summed E-state index contributed by atoms with van der Waals surface area (Å²) in [6.45, 7) is 3.70. The van der Waals surface area contributed by atoms with Crippen molar-refractivity contribution in [2.75, 3.05) is 7.05 Å². The van der Waals surface area contributed by atoms with Gasteiger partial charge < -0.3 is 10.8 Å². The number of phenols is 1. The maximum atomic E-state index is 13.5. The van der Waals surface area contributed by atoms with Crippen molar-refractivity contribution < 1.29 is 29.1 Å². The van der Waals surface area contributed by atoms with Gasteiger partial charge in [-0.1, -0.05) is 35.9 Å². The number of hydrogen-bond acceptors (Lipinski definition) is 6. The Morgan fingerprint density at radius 3 is 2.53 bits per heavy atom. The molecule has 3 fully saturated rings. The average Bonchev–Trinajstić information content (AvgIpc) is 3.16. The molecule has 0 aromatic heterocycles. The number of hydrogen-bond donors (Lipinski definition) is 2. The van der Waals surface area contributed by atoms with Gasteiger partial charge in [0.2, 0.25) is 11.8 Å². The van der Waals surface area contributed by atoms with Crippen LogP contribution < -0.4 is 5.73 Å². The molecule has 0 radical (unpaired) electrons. The summed E-state index contributed by atoms with van der Waals surface area (Å²) in [5, 5.41) is 11.2. The third kappa shape index (κ3) is 2.81. The van der Waals surface area contributed by atoms with Gasteiger partial charge >= 0.3 is 6.03 Å². The summed E-state index contributed by atoms with van der Waals surface area (Å²) in [7, 11) is 1.28. The van der Waals surface area contributed by atoms with Crippen molar-refractivity contribution >= 4 is 52.9 Å². The predicted octanol–water partition coefficient (Wildman–Crippen LogP) is 2.19. The number of carbonyl (C=O) groups is 5. The van der Waals surface area contributed by atoms with E-state index >= 15 is 0 Å². The highest BCUT2D eigenvalue weighted by molar-refractivity contribution is 6.53. The van der Waals surface area contributed by atoms with Gasteiger partial charge in [0.25, 0.3) is 11.8 Å². The number of alkyl halides is 2. The molecule has 3 N–H and O–H groups in total. The molecule has 0 unspecified atom stereocenters. The SMILES string of the molecule is C=CCc1cccc([C@H]2C3=CC[C@@H]4C(=O)N(C(N)=O)C(=O)[C@@H]4[C@@H]3C[C@@]3(Cl)C(=O)N(C)C(=O)[C@@]23Cl)c1O. The molecule has 36 heavy (non-hydrogen) atoms. The Bertz CT molecular complexity index is 1310. The van der Waals surface area contributed by atoms with E-state index in [1.807, 2.05) is 0 Å². The fourth-order valence-corrected chi connectivity index (χ4v) is 7.48. The lowest BCUT2D eigenvalue weighted by molar-refractivity contribution is -0.139. The van der Waals surface area contributed by atoms with Gasteiger partial charge in [-0.25, -0.2) is 4.79 Å². The zero-order valence-corrected chi connectivity index (χ0v) is 20.8. The number of nitrogens with zero attached hydrogens (tertiary/aromatic N) is 2. The molecule has 6 amide bonds. The van der Waals surface area contributed by atoms with E-state index in [4.69, 9.17) is 28.9 Å². The Hall–Kier alpha value is -3.17. The number of allylic oxidation sites excluding steroid dienone is 3. The van der Waals surface area contributed by atoms with Gasteiger partial charge in [0.05, 0.1) is 11.8 Å². The van der Waals surface area contributed by atoms with Crippen molar-refractivity contribution in [3.63, 3.8) is 0 Å². The number of phenolic OH excluding ortho intramolecular Hbond substituents is 1. The number of benzene rings is 1. The van der Waals surface area contributed by atoms with E-state index in [1.54, 1.807) is 30.4 Å². The number of para-hydroxylation sites is 1. The third-order valence-electron chi connectivity index (χ3n) is 8.06. The Labute approximate surface area is 216 Å². The number of aromatic hydroxyl groups is 1. The van der Waals surface area contributed by atoms with Gasteiger partial charge in [-0.2, -0.15) is 4.90 Å². The number of carbonyl (C=O) groups excluding carboxylic acids is 5. The van der Waals surface area contributed by atoms with Gasteiger partial charge in [-0.05, 0) is 30.7 Å². The second-order valence-electron chi connectivity index (χ2n) is 9.70. The molecular weight excluding hydrogens is 509 g/mol. The van der Waals surface area contributed by atoms with Crippen LogP contribution in [0.1, 0.15) is 29.9 Å². The predicted molar refractivity (Wildman–Crippen MR) is 129 cm³/mol. The van der Waals surface area contributed by atoms with Crippen LogP contribution in [0, 0.1) is 17.8 Å². The number of likely N-dealkylation sites (tertiary alicyclic amines) is 2. The number of halogens is 2. The smallest absolute Gasteiger partial charge is 0.328 e. The van der Waals surface area contributed by atoms with E-state index in [-0.39, 0.29) is 24.2 Å². The van der Waals surface area contributed by atoms with Crippen molar-refractivity contribution in [1.82, 2.24) is 9.80 Å². The highest BCUT2D eigenvalue weighted by atomic mass is 35.5. The van der Waals surface area contributed by atoms with Crippen LogP contribution in [0.5, 0.6) is 5.75 Å². The largest absolute Gasteiger partial charge is 0.507 e. The molecule has 11 heteroatoms. The zero-order chi connectivity index (χ0) is 26.3.